The van der Waals surface area contributed by atoms with Crippen LogP contribution in [0.4, 0.5) is 0 Å². The predicted molar refractivity (Wildman–Crippen MR) is 67.9 cm³/mol. The lowest BCUT2D eigenvalue weighted by atomic mass is 10.2. The van der Waals surface area contributed by atoms with Crippen molar-refractivity contribution >= 4 is 11.8 Å². The van der Waals surface area contributed by atoms with E-state index in [-0.39, 0.29) is 11.8 Å². The average Bonchev–Trinajstić information content (AvgIpc) is 2.44. The lowest BCUT2D eigenvalue weighted by Gasteiger charge is -2.18. The summed E-state index contributed by atoms with van der Waals surface area (Å²) in [5, 5.41) is 0. The number of fused-ring (bicyclic) bond motifs is 1. The van der Waals surface area contributed by atoms with Crippen molar-refractivity contribution in [3.63, 3.8) is 0 Å². The van der Waals surface area contributed by atoms with Crippen molar-refractivity contribution < 1.29 is 19.1 Å². The third-order valence-electron chi connectivity index (χ3n) is 2.60. The Labute approximate surface area is 111 Å². The van der Waals surface area contributed by atoms with Gasteiger partial charge in [0.25, 0.3) is 5.91 Å². The molecule has 6 heteroatoms. The zero-order chi connectivity index (χ0) is 13.7. The SMILES string of the molecule is CCCC(=O)NNC(=O)c1ccc2c(c1)OCCO2. The highest BCUT2D eigenvalue weighted by molar-refractivity contribution is 5.96. The number of rotatable bonds is 3. The average molecular weight is 264 g/mol. The zero-order valence-corrected chi connectivity index (χ0v) is 10.7. The molecule has 0 unspecified atom stereocenters. The van der Waals surface area contributed by atoms with Crippen LogP contribution in [-0.2, 0) is 4.79 Å². The predicted octanol–water partition coefficient (Wildman–Crippen LogP) is 1.02. The van der Waals surface area contributed by atoms with E-state index in [2.05, 4.69) is 10.9 Å². The molecule has 19 heavy (non-hydrogen) atoms. The Morgan fingerprint density at radius 1 is 1.16 bits per heavy atom. The van der Waals surface area contributed by atoms with Crippen LogP contribution in [0.1, 0.15) is 30.1 Å². The molecule has 1 aliphatic heterocycles. The van der Waals surface area contributed by atoms with Crippen molar-refractivity contribution in [2.75, 3.05) is 13.2 Å². The first kappa shape index (κ1) is 13.2. The number of carbonyl (C=O) groups is 2. The number of benzene rings is 1. The summed E-state index contributed by atoms with van der Waals surface area (Å²) in [6, 6.07) is 4.89. The van der Waals surface area contributed by atoms with E-state index >= 15 is 0 Å². The second-order valence-electron chi connectivity index (χ2n) is 4.11. The minimum Gasteiger partial charge on any atom is -0.486 e. The van der Waals surface area contributed by atoms with Crippen molar-refractivity contribution in [2.45, 2.75) is 19.8 Å². The van der Waals surface area contributed by atoms with Crippen LogP contribution >= 0.6 is 0 Å². The molecule has 0 spiro atoms. The summed E-state index contributed by atoms with van der Waals surface area (Å²) in [6.07, 6.45) is 1.10. The lowest BCUT2D eigenvalue weighted by molar-refractivity contribution is -0.121. The fraction of sp³-hybridized carbons (Fsp3) is 0.385. The smallest absolute Gasteiger partial charge is 0.269 e. The van der Waals surface area contributed by atoms with E-state index < -0.39 is 0 Å². The molecule has 0 saturated heterocycles. The summed E-state index contributed by atoms with van der Waals surface area (Å²) < 4.78 is 10.7. The summed E-state index contributed by atoms with van der Waals surface area (Å²) in [5.41, 5.74) is 5.11. The Bertz CT molecular complexity index is 488. The number of nitrogens with one attached hydrogen (secondary N) is 2. The first-order valence-corrected chi connectivity index (χ1v) is 6.19. The molecule has 1 heterocycles. The molecule has 0 aromatic heterocycles. The second-order valence-corrected chi connectivity index (χ2v) is 4.11. The van der Waals surface area contributed by atoms with Gasteiger partial charge in [-0.15, -0.1) is 0 Å². The van der Waals surface area contributed by atoms with Gasteiger partial charge in [0.2, 0.25) is 5.91 Å². The quantitative estimate of drug-likeness (QED) is 0.799. The molecule has 2 N–H and O–H groups in total. The van der Waals surface area contributed by atoms with Gasteiger partial charge >= 0.3 is 0 Å². The summed E-state index contributed by atoms with van der Waals surface area (Å²) in [7, 11) is 0. The number of hydrogen-bond donors (Lipinski definition) is 2. The minimum atomic E-state index is -0.388. The fourth-order valence-corrected chi connectivity index (χ4v) is 1.67. The Hall–Kier alpha value is -2.24. The topological polar surface area (TPSA) is 76.7 Å². The van der Waals surface area contributed by atoms with E-state index in [1.165, 1.54) is 0 Å². The van der Waals surface area contributed by atoms with E-state index in [0.29, 0.717) is 36.7 Å². The molecule has 1 aromatic carbocycles. The van der Waals surface area contributed by atoms with E-state index in [4.69, 9.17) is 9.47 Å². The highest BCUT2D eigenvalue weighted by Crippen LogP contribution is 2.30. The maximum atomic E-state index is 11.8. The van der Waals surface area contributed by atoms with E-state index in [1.54, 1.807) is 18.2 Å². The summed E-state index contributed by atoms with van der Waals surface area (Å²) in [6.45, 7) is 2.86. The van der Waals surface area contributed by atoms with Crippen molar-refractivity contribution in [1.82, 2.24) is 10.9 Å². The molecular formula is C13H16N2O4. The lowest BCUT2D eigenvalue weighted by Crippen LogP contribution is -2.41. The first-order valence-electron chi connectivity index (χ1n) is 6.19. The maximum absolute atomic E-state index is 11.8. The van der Waals surface area contributed by atoms with Gasteiger partial charge in [0, 0.05) is 12.0 Å². The summed E-state index contributed by atoms with van der Waals surface area (Å²) in [5.74, 6) is 0.562. The highest BCUT2D eigenvalue weighted by atomic mass is 16.6. The third-order valence-corrected chi connectivity index (χ3v) is 2.60. The fourth-order valence-electron chi connectivity index (χ4n) is 1.67. The van der Waals surface area contributed by atoms with Crippen molar-refractivity contribution in [3.8, 4) is 11.5 Å². The monoisotopic (exact) mass is 264 g/mol. The van der Waals surface area contributed by atoms with Gasteiger partial charge in [-0.1, -0.05) is 6.92 Å². The van der Waals surface area contributed by atoms with Crippen LogP contribution in [0.5, 0.6) is 11.5 Å². The minimum absolute atomic E-state index is 0.214. The molecule has 0 atom stereocenters. The first-order chi connectivity index (χ1) is 9.20. The maximum Gasteiger partial charge on any atom is 0.269 e. The molecule has 0 aliphatic carbocycles. The largest absolute Gasteiger partial charge is 0.486 e. The molecular weight excluding hydrogens is 248 g/mol. The van der Waals surface area contributed by atoms with Gasteiger partial charge in [0.15, 0.2) is 11.5 Å². The molecule has 1 aliphatic rings. The van der Waals surface area contributed by atoms with Gasteiger partial charge in [-0.05, 0) is 24.6 Å². The van der Waals surface area contributed by atoms with E-state index in [1.807, 2.05) is 6.92 Å². The van der Waals surface area contributed by atoms with Gasteiger partial charge in [-0.25, -0.2) is 0 Å². The molecule has 6 nitrogen and oxygen atoms in total. The summed E-state index contributed by atoms with van der Waals surface area (Å²) >= 11 is 0. The molecule has 0 saturated carbocycles. The van der Waals surface area contributed by atoms with Crippen molar-refractivity contribution in [2.24, 2.45) is 0 Å². The van der Waals surface area contributed by atoms with Crippen LogP contribution in [0.2, 0.25) is 0 Å². The van der Waals surface area contributed by atoms with Crippen LogP contribution in [0.25, 0.3) is 0 Å². The molecule has 0 bridgehead atoms. The van der Waals surface area contributed by atoms with Gasteiger partial charge < -0.3 is 9.47 Å². The van der Waals surface area contributed by atoms with Crippen LogP contribution < -0.4 is 20.3 Å². The Kier molecular flexibility index (Phi) is 4.22. The Morgan fingerprint density at radius 3 is 2.63 bits per heavy atom. The van der Waals surface area contributed by atoms with Gasteiger partial charge in [-0.3, -0.25) is 20.4 Å². The van der Waals surface area contributed by atoms with Gasteiger partial charge in [-0.2, -0.15) is 0 Å². The van der Waals surface area contributed by atoms with Crippen molar-refractivity contribution in [3.05, 3.63) is 23.8 Å². The number of hydrazine groups is 1. The summed E-state index contributed by atoms with van der Waals surface area (Å²) in [4.78, 5) is 23.1. The molecule has 1 aromatic rings. The zero-order valence-electron chi connectivity index (χ0n) is 10.7. The standard InChI is InChI=1S/C13H16N2O4/c1-2-3-12(16)14-15-13(17)9-4-5-10-11(8-9)19-7-6-18-10/h4-5,8H,2-3,6-7H2,1H3,(H,14,16)(H,15,17). The molecule has 0 fully saturated rings. The highest BCUT2D eigenvalue weighted by Gasteiger charge is 2.15. The third kappa shape index (κ3) is 3.37. The van der Waals surface area contributed by atoms with Crippen LogP contribution in [0.3, 0.4) is 0 Å². The van der Waals surface area contributed by atoms with Gasteiger partial charge in [0.1, 0.15) is 13.2 Å². The van der Waals surface area contributed by atoms with Crippen LogP contribution in [0.15, 0.2) is 18.2 Å². The Morgan fingerprint density at radius 2 is 1.89 bits per heavy atom. The van der Waals surface area contributed by atoms with Crippen LogP contribution in [-0.4, -0.2) is 25.0 Å². The molecule has 2 rings (SSSR count). The van der Waals surface area contributed by atoms with E-state index in [0.717, 1.165) is 6.42 Å². The number of ether oxygens (including phenoxy) is 2. The van der Waals surface area contributed by atoms with Crippen molar-refractivity contribution in [1.29, 1.82) is 0 Å². The number of hydrogen-bond acceptors (Lipinski definition) is 4. The second kappa shape index (κ2) is 6.08. The number of amides is 2. The number of carbonyl (C=O) groups excluding carboxylic acids is 2. The molecule has 2 amide bonds. The normalized spacial score (nSPS) is 12.7. The van der Waals surface area contributed by atoms with E-state index in [9.17, 15) is 9.59 Å². The molecule has 0 radical (unpaired) electrons. The van der Waals surface area contributed by atoms with Gasteiger partial charge in [0.05, 0.1) is 0 Å². The van der Waals surface area contributed by atoms with Crippen LogP contribution in [0, 0.1) is 0 Å². The Balaban J connectivity index is 1.97. The molecule has 102 valence electrons.